The molecule has 0 heterocycles. The largest absolute Gasteiger partial charge is 2.00 e. The minimum absolute atomic E-state index is 0. The minimum atomic E-state index is 0. The Morgan fingerprint density at radius 3 is 0.619 bits per heavy atom. The van der Waals surface area contributed by atoms with Crippen molar-refractivity contribution in [3.8, 4) is 0 Å². The first-order valence-electron chi connectivity index (χ1n) is 7.50. The molecule has 0 fully saturated rings. The van der Waals surface area contributed by atoms with Crippen LogP contribution in [0, 0.1) is 69.2 Å². The summed E-state index contributed by atoms with van der Waals surface area (Å²) in [7, 11) is 0. The van der Waals surface area contributed by atoms with Gasteiger partial charge in [-0.3, -0.25) is 0 Å². The van der Waals surface area contributed by atoms with Gasteiger partial charge in [0.05, 0.1) is 0 Å². The van der Waals surface area contributed by atoms with Gasteiger partial charge in [0.15, 0.2) is 0 Å². The van der Waals surface area contributed by atoms with E-state index in [2.05, 4.69) is 69.2 Å². The van der Waals surface area contributed by atoms with Crippen LogP contribution < -0.4 is 0 Å². The topological polar surface area (TPSA) is 0 Å². The van der Waals surface area contributed by atoms with Crippen molar-refractivity contribution < 1.29 is 17.1 Å². The van der Waals surface area contributed by atoms with E-state index in [9.17, 15) is 0 Å². The van der Waals surface area contributed by atoms with Gasteiger partial charge in [-0.2, -0.15) is 55.6 Å². The molecule has 117 valence electrons. The molecule has 0 atom stereocenters. The molecule has 0 saturated carbocycles. The quantitative estimate of drug-likeness (QED) is 0.418. The fourth-order valence-electron chi connectivity index (χ4n) is 2.81. The fourth-order valence-corrected chi connectivity index (χ4v) is 2.81. The van der Waals surface area contributed by atoms with Gasteiger partial charge in [0.1, 0.15) is 0 Å². The van der Waals surface area contributed by atoms with E-state index in [1.165, 1.54) is 55.6 Å². The Kier molecular flexibility index (Phi) is 7.19. The standard InChI is InChI=1S/2C10H15.Mn/c2*1-6-7(2)9(4)10(5)8(6)3;/h2*1-5H3;/q2*-1;+2. The predicted octanol–water partition coefficient (Wildman–Crippen LogP) is 5.89. The summed E-state index contributed by atoms with van der Waals surface area (Å²) in [5, 5.41) is 0. The van der Waals surface area contributed by atoms with Gasteiger partial charge in [-0.15, -0.1) is 0 Å². The van der Waals surface area contributed by atoms with Crippen LogP contribution in [0.1, 0.15) is 55.6 Å². The Labute approximate surface area is 142 Å². The molecule has 0 aromatic heterocycles. The SMILES string of the molecule is Cc1c(C)c(C)[c-](C)c1C.Cc1c(C)c(C)[c-](C)c1C.[Mn+2]. The van der Waals surface area contributed by atoms with E-state index < -0.39 is 0 Å². The summed E-state index contributed by atoms with van der Waals surface area (Å²) < 4.78 is 0. The molecule has 1 heteroatoms. The van der Waals surface area contributed by atoms with E-state index in [4.69, 9.17) is 0 Å². The van der Waals surface area contributed by atoms with Gasteiger partial charge in [-0.1, -0.05) is 69.2 Å². The summed E-state index contributed by atoms with van der Waals surface area (Å²) in [4.78, 5) is 0. The maximum atomic E-state index is 2.20. The van der Waals surface area contributed by atoms with Gasteiger partial charge >= 0.3 is 17.1 Å². The van der Waals surface area contributed by atoms with Crippen molar-refractivity contribution in [2.24, 2.45) is 0 Å². The first kappa shape index (κ1) is 20.2. The molecular formula is C20H30Mn. The van der Waals surface area contributed by atoms with E-state index in [0.29, 0.717) is 0 Å². The number of hydrogen-bond donors (Lipinski definition) is 0. The second-order valence-corrected chi connectivity index (χ2v) is 6.25. The van der Waals surface area contributed by atoms with Gasteiger partial charge in [-0.25, -0.2) is 0 Å². The molecule has 0 amide bonds. The predicted molar refractivity (Wildman–Crippen MR) is 91.4 cm³/mol. The molecule has 0 aliphatic carbocycles. The third-order valence-corrected chi connectivity index (χ3v) is 5.62. The molecule has 0 N–H and O–H groups in total. The van der Waals surface area contributed by atoms with Gasteiger partial charge in [0.2, 0.25) is 0 Å². The summed E-state index contributed by atoms with van der Waals surface area (Å²) in [6.07, 6.45) is 0. The van der Waals surface area contributed by atoms with Crippen molar-refractivity contribution in [2.45, 2.75) is 69.2 Å². The Bertz CT molecular complexity index is 404. The Hall–Kier alpha value is -0.781. The minimum Gasteiger partial charge on any atom is -0.196 e. The maximum Gasteiger partial charge on any atom is 2.00 e. The Balaban J connectivity index is 0.000000364. The third kappa shape index (κ3) is 3.70. The monoisotopic (exact) mass is 325 g/mol. The van der Waals surface area contributed by atoms with Crippen LogP contribution >= 0.6 is 0 Å². The normalized spacial score (nSPS) is 10.0. The van der Waals surface area contributed by atoms with Gasteiger partial charge < -0.3 is 0 Å². The summed E-state index contributed by atoms with van der Waals surface area (Å²) >= 11 is 0. The van der Waals surface area contributed by atoms with Crippen LogP contribution in [-0.4, -0.2) is 0 Å². The molecule has 2 aromatic carbocycles. The smallest absolute Gasteiger partial charge is 0.196 e. The van der Waals surface area contributed by atoms with Crippen molar-refractivity contribution in [2.75, 3.05) is 0 Å². The van der Waals surface area contributed by atoms with E-state index in [0.717, 1.165) is 0 Å². The molecule has 1 radical (unpaired) electrons. The van der Waals surface area contributed by atoms with Crippen molar-refractivity contribution in [3.05, 3.63) is 55.6 Å². The zero-order chi connectivity index (χ0) is 15.8. The van der Waals surface area contributed by atoms with Crippen LogP contribution in [0.15, 0.2) is 0 Å². The molecule has 0 aliphatic heterocycles. The summed E-state index contributed by atoms with van der Waals surface area (Å²) in [6.45, 7) is 22.0. The number of rotatable bonds is 0. The molecule has 2 aromatic rings. The first-order chi connectivity index (χ1) is 9.11. The third-order valence-electron chi connectivity index (χ3n) is 5.62. The van der Waals surface area contributed by atoms with Crippen molar-refractivity contribution in [1.29, 1.82) is 0 Å². The molecular weight excluding hydrogens is 295 g/mol. The fraction of sp³-hybridized carbons (Fsp3) is 0.500. The summed E-state index contributed by atoms with van der Waals surface area (Å²) in [5.41, 5.74) is 14.7. The number of hydrogen-bond acceptors (Lipinski definition) is 0. The van der Waals surface area contributed by atoms with Crippen molar-refractivity contribution in [1.82, 2.24) is 0 Å². The Morgan fingerprint density at radius 1 is 0.429 bits per heavy atom. The van der Waals surface area contributed by atoms with E-state index in [-0.39, 0.29) is 17.1 Å². The first-order valence-corrected chi connectivity index (χ1v) is 7.50. The van der Waals surface area contributed by atoms with Crippen LogP contribution in [0.3, 0.4) is 0 Å². The van der Waals surface area contributed by atoms with Crippen molar-refractivity contribution in [3.63, 3.8) is 0 Å². The average molecular weight is 325 g/mol. The Morgan fingerprint density at radius 2 is 0.571 bits per heavy atom. The van der Waals surface area contributed by atoms with Crippen LogP contribution in [0.4, 0.5) is 0 Å². The zero-order valence-electron chi connectivity index (χ0n) is 15.4. The zero-order valence-corrected chi connectivity index (χ0v) is 16.6. The van der Waals surface area contributed by atoms with E-state index >= 15 is 0 Å². The van der Waals surface area contributed by atoms with Gasteiger partial charge in [-0.05, 0) is 0 Å². The van der Waals surface area contributed by atoms with Crippen molar-refractivity contribution >= 4 is 0 Å². The second kappa shape index (κ2) is 7.47. The van der Waals surface area contributed by atoms with E-state index in [1.807, 2.05) is 0 Å². The molecule has 21 heavy (non-hydrogen) atoms. The van der Waals surface area contributed by atoms with E-state index in [1.54, 1.807) is 0 Å². The van der Waals surface area contributed by atoms with Crippen LogP contribution in [-0.2, 0) is 17.1 Å². The average Bonchev–Trinajstić information content (AvgIpc) is 2.71. The maximum absolute atomic E-state index is 2.20. The molecule has 0 bridgehead atoms. The van der Waals surface area contributed by atoms with Crippen LogP contribution in [0.2, 0.25) is 0 Å². The second-order valence-electron chi connectivity index (χ2n) is 6.25. The van der Waals surface area contributed by atoms with Crippen LogP contribution in [0.5, 0.6) is 0 Å². The molecule has 0 aliphatic rings. The summed E-state index contributed by atoms with van der Waals surface area (Å²) in [6, 6.07) is 0. The van der Waals surface area contributed by atoms with Gasteiger partial charge in [0.25, 0.3) is 0 Å². The van der Waals surface area contributed by atoms with Crippen LogP contribution in [0.25, 0.3) is 0 Å². The molecule has 2 rings (SSSR count). The molecule has 0 spiro atoms. The molecule has 0 nitrogen and oxygen atoms in total. The summed E-state index contributed by atoms with van der Waals surface area (Å²) in [5.74, 6) is 0. The van der Waals surface area contributed by atoms with Gasteiger partial charge in [0, 0.05) is 0 Å². The molecule has 0 unspecified atom stereocenters. The molecule has 0 saturated heterocycles.